The van der Waals surface area contributed by atoms with E-state index in [1.807, 2.05) is 0 Å². The number of hydrogen-bond acceptors (Lipinski definition) is 5. The summed E-state index contributed by atoms with van der Waals surface area (Å²) in [5.41, 5.74) is 1.82. The van der Waals surface area contributed by atoms with E-state index >= 15 is 0 Å². The van der Waals surface area contributed by atoms with Crippen molar-refractivity contribution in [2.75, 3.05) is 23.3 Å². The molecule has 146 valence electrons. The minimum atomic E-state index is -3.91. The molecule has 4 rings (SSSR count). The molecule has 9 nitrogen and oxygen atoms in total. The third-order valence-electron chi connectivity index (χ3n) is 4.85. The van der Waals surface area contributed by atoms with E-state index in [4.69, 9.17) is 4.74 Å². The summed E-state index contributed by atoms with van der Waals surface area (Å²) in [6.07, 6.45) is 0. The van der Waals surface area contributed by atoms with Crippen molar-refractivity contribution in [2.24, 2.45) is 14.1 Å². The number of nitrogens with zero attached hydrogens (tertiary/aromatic N) is 3. The Bertz CT molecular complexity index is 1290. The number of carbonyl (C=O) groups is 1. The van der Waals surface area contributed by atoms with Gasteiger partial charge in [-0.05, 0) is 36.4 Å². The number of nitrogens with one attached hydrogen (secondary N) is 1. The summed E-state index contributed by atoms with van der Waals surface area (Å²) in [7, 11) is 0.935. The number of hydrogen-bond donors (Lipinski definition) is 1. The number of likely N-dealkylation sites (N-methyl/N-ethyl adjacent to an activating group) is 1. The number of anilines is 2. The highest BCUT2D eigenvalue weighted by atomic mass is 32.2. The molecule has 2 heterocycles. The topological polar surface area (TPSA) is 103 Å². The van der Waals surface area contributed by atoms with Crippen molar-refractivity contribution in [1.29, 1.82) is 0 Å². The molecule has 1 aromatic heterocycles. The summed E-state index contributed by atoms with van der Waals surface area (Å²) < 4.78 is 36.5. The van der Waals surface area contributed by atoms with Crippen molar-refractivity contribution in [3.05, 3.63) is 46.9 Å². The van der Waals surface area contributed by atoms with E-state index in [1.165, 1.54) is 32.2 Å². The smallest absolute Gasteiger partial charge is 0.328 e. The van der Waals surface area contributed by atoms with Gasteiger partial charge in [-0.2, -0.15) is 0 Å². The lowest BCUT2D eigenvalue weighted by Gasteiger charge is -2.26. The molecule has 0 fully saturated rings. The summed E-state index contributed by atoms with van der Waals surface area (Å²) in [5.74, 6) is 0.187. The third-order valence-corrected chi connectivity index (χ3v) is 6.23. The van der Waals surface area contributed by atoms with Gasteiger partial charge in [-0.1, -0.05) is 0 Å². The van der Waals surface area contributed by atoms with E-state index in [1.54, 1.807) is 39.3 Å². The Kier molecular flexibility index (Phi) is 3.96. The lowest BCUT2D eigenvalue weighted by Crippen LogP contribution is -2.35. The maximum Gasteiger partial charge on any atom is 0.328 e. The molecule has 0 saturated carbocycles. The minimum Gasteiger partial charge on any atom is -0.482 e. The van der Waals surface area contributed by atoms with Crippen molar-refractivity contribution < 1.29 is 17.9 Å². The van der Waals surface area contributed by atoms with Crippen LogP contribution in [0.1, 0.15) is 0 Å². The molecule has 0 radical (unpaired) electrons. The van der Waals surface area contributed by atoms with Gasteiger partial charge in [0, 0.05) is 21.1 Å². The first-order valence-corrected chi connectivity index (χ1v) is 9.89. The van der Waals surface area contributed by atoms with Gasteiger partial charge < -0.3 is 9.64 Å². The van der Waals surface area contributed by atoms with Crippen LogP contribution >= 0.6 is 0 Å². The fourth-order valence-electron chi connectivity index (χ4n) is 3.20. The average Bonchev–Trinajstić information content (AvgIpc) is 2.88. The number of benzene rings is 2. The molecular weight excluding hydrogens is 384 g/mol. The van der Waals surface area contributed by atoms with Gasteiger partial charge in [-0.25, -0.2) is 13.2 Å². The molecule has 28 heavy (non-hydrogen) atoms. The fraction of sp³-hybridized carbons (Fsp3) is 0.222. The largest absolute Gasteiger partial charge is 0.482 e. The van der Waals surface area contributed by atoms with Gasteiger partial charge in [0.2, 0.25) is 0 Å². The van der Waals surface area contributed by atoms with Crippen LogP contribution in [0.25, 0.3) is 11.0 Å². The first-order chi connectivity index (χ1) is 13.2. The number of carbonyl (C=O) groups excluding carboxylic acids is 1. The summed E-state index contributed by atoms with van der Waals surface area (Å²) >= 11 is 0. The highest BCUT2D eigenvalue weighted by Crippen LogP contribution is 2.33. The number of aromatic nitrogens is 2. The SMILES string of the molecule is CN1C(=O)COc2ccc(S(=O)(=O)Nc3ccc4c(c3)n(C)c(=O)n4C)cc21. The number of fused-ring (bicyclic) bond motifs is 2. The Balaban J connectivity index is 1.72. The molecule has 0 unspecified atom stereocenters. The Hall–Kier alpha value is -3.27. The minimum absolute atomic E-state index is 0.00144. The molecule has 0 bridgehead atoms. The first-order valence-electron chi connectivity index (χ1n) is 8.41. The second kappa shape index (κ2) is 6.13. The maximum absolute atomic E-state index is 12.8. The molecule has 2 aromatic carbocycles. The second-order valence-corrected chi connectivity index (χ2v) is 8.26. The van der Waals surface area contributed by atoms with Crippen molar-refractivity contribution in [2.45, 2.75) is 4.90 Å². The summed E-state index contributed by atoms with van der Waals surface area (Å²) in [5, 5.41) is 0. The van der Waals surface area contributed by atoms with Crippen LogP contribution in [-0.2, 0) is 28.9 Å². The van der Waals surface area contributed by atoms with Gasteiger partial charge in [0.05, 0.1) is 27.3 Å². The van der Waals surface area contributed by atoms with Crippen molar-refractivity contribution in [3.63, 3.8) is 0 Å². The summed E-state index contributed by atoms with van der Waals surface area (Å²) in [4.78, 5) is 25.2. The van der Waals surface area contributed by atoms with Gasteiger partial charge in [-0.15, -0.1) is 0 Å². The van der Waals surface area contributed by atoms with E-state index < -0.39 is 10.0 Å². The van der Waals surface area contributed by atoms with Crippen LogP contribution in [0.4, 0.5) is 11.4 Å². The van der Waals surface area contributed by atoms with E-state index in [2.05, 4.69) is 4.72 Å². The molecule has 0 aliphatic carbocycles. The molecule has 0 saturated heterocycles. The van der Waals surface area contributed by atoms with Gasteiger partial charge >= 0.3 is 5.69 Å². The van der Waals surface area contributed by atoms with Crippen molar-refractivity contribution in [3.8, 4) is 5.75 Å². The van der Waals surface area contributed by atoms with E-state index in [0.29, 0.717) is 28.2 Å². The van der Waals surface area contributed by atoms with Gasteiger partial charge in [0.15, 0.2) is 6.61 Å². The Morgan fingerprint density at radius 2 is 1.68 bits per heavy atom. The molecule has 10 heteroatoms. The molecule has 0 atom stereocenters. The van der Waals surface area contributed by atoms with Crippen LogP contribution in [0.5, 0.6) is 5.75 Å². The number of rotatable bonds is 3. The predicted octanol–water partition coefficient (Wildman–Crippen LogP) is 1.03. The zero-order valence-corrected chi connectivity index (χ0v) is 16.3. The van der Waals surface area contributed by atoms with Gasteiger partial charge in [0.25, 0.3) is 15.9 Å². The van der Waals surface area contributed by atoms with E-state index in [9.17, 15) is 18.0 Å². The number of aryl methyl sites for hydroxylation is 2. The van der Waals surface area contributed by atoms with Crippen LogP contribution in [-0.4, -0.2) is 37.1 Å². The molecule has 1 aliphatic heterocycles. The molecule has 1 amide bonds. The second-order valence-electron chi connectivity index (χ2n) is 6.58. The highest BCUT2D eigenvalue weighted by Gasteiger charge is 2.25. The molecule has 0 spiro atoms. The van der Waals surface area contributed by atoms with Gasteiger partial charge in [0.1, 0.15) is 5.75 Å². The van der Waals surface area contributed by atoms with Crippen LogP contribution < -0.4 is 20.0 Å². The molecule has 1 N–H and O–H groups in total. The summed E-state index contributed by atoms with van der Waals surface area (Å²) in [6, 6.07) is 9.22. The zero-order valence-electron chi connectivity index (χ0n) is 15.5. The van der Waals surface area contributed by atoms with Gasteiger partial charge in [-0.3, -0.25) is 18.7 Å². The lowest BCUT2D eigenvalue weighted by molar-refractivity contribution is -0.120. The quantitative estimate of drug-likeness (QED) is 0.705. The number of sulfonamides is 1. The number of ether oxygens (including phenoxy) is 1. The van der Waals surface area contributed by atoms with Crippen LogP contribution in [0.15, 0.2) is 46.1 Å². The average molecular weight is 402 g/mol. The Morgan fingerprint density at radius 3 is 2.43 bits per heavy atom. The van der Waals surface area contributed by atoms with Crippen LogP contribution in [0.2, 0.25) is 0 Å². The first kappa shape index (κ1) is 18.1. The number of imidazole rings is 1. The van der Waals surface area contributed by atoms with Crippen LogP contribution in [0, 0.1) is 0 Å². The van der Waals surface area contributed by atoms with Crippen LogP contribution in [0.3, 0.4) is 0 Å². The zero-order chi connectivity index (χ0) is 20.2. The fourth-order valence-corrected chi connectivity index (χ4v) is 4.27. The van der Waals surface area contributed by atoms with E-state index in [-0.39, 0.29) is 23.1 Å². The monoisotopic (exact) mass is 402 g/mol. The molecule has 1 aliphatic rings. The molecule has 3 aromatic rings. The van der Waals surface area contributed by atoms with E-state index in [0.717, 1.165) is 0 Å². The third kappa shape index (κ3) is 2.73. The Morgan fingerprint density at radius 1 is 0.964 bits per heavy atom. The van der Waals surface area contributed by atoms with Crippen molar-refractivity contribution in [1.82, 2.24) is 9.13 Å². The Labute approximate surface area is 160 Å². The predicted molar refractivity (Wildman–Crippen MR) is 104 cm³/mol. The van der Waals surface area contributed by atoms with Crippen molar-refractivity contribution >= 4 is 38.3 Å². The maximum atomic E-state index is 12.8. The molecular formula is C18H18N4O5S. The lowest BCUT2D eigenvalue weighted by atomic mass is 10.2. The highest BCUT2D eigenvalue weighted by molar-refractivity contribution is 7.92. The summed E-state index contributed by atoms with van der Waals surface area (Å²) in [6.45, 7) is -0.0797. The standard InChI is InChI=1S/C18H18N4O5S/c1-20-15-9-12(5-7-16(15)27-10-17(20)23)28(25,26)19-11-4-6-13-14(8-11)22(3)18(24)21(13)2/h4-9,19H,10H2,1-3H3. The normalized spacial score (nSPS) is 14.1. The number of amides is 1.